The second kappa shape index (κ2) is 10.7. The normalized spacial score (nSPS) is 16.1. The van der Waals surface area contributed by atoms with Gasteiger partial charge < -0.3 is 14.5 Å². The number of hydrogen-bond donors (Lipinski definition) is 0. The Morgan fingerprint density at radius 3 is 2.42 bits per heavy atom. The van der Waals surface area contributed by atoms with Crippen molar-refractivity contribution in [3.8, 4) is 11.4 Å². The van der Waals surface area contributed by atoms with Gasteiger partial charge in [-0.05, 0) is 12.8 Å². The summed E-state index contributed by atoms with van der Waals surface area (Å²) in [7, 11) is 1.27. The van der Waals surface area contributed by atoms with Crippen molar-refractivity contribution in [1.82, 2.24) is 19.8 Å². The Labute approximate surface area is 198 Å². The van der Waals surface area contributed by atoms with E-state index in [9.17, 15) is 14.4 Å². The Bertz CT molecular complexity index is 1030. The maximum atomic E-state index is 13.7. The topological polar surface area (TPSA) is 92.7 Å². The van der Waals surface area contributed by atoms with E-state index in [1.165, 1.54) is 7.11 Å². The molecule has 1 aliphatic heterocycles. The number of nitrogens with zero attached hydrogens (tertiary/aromatic N) is 4. The molecule has 1 atom stereocenters. The van der Waals surface area contributed by atoms with Gasteiger partial charge in [-0.3, -0.25) is 9.59 Å². The van der Waals surface area contributed by atoms with Crippen molar-refractivity contribution in [2.75, 3.05) is 32.6 Å². The Morgan fingerprint density at radius 1 is 1.15 bits per heavy atom. The monoisotopic (exact) mass is 472 g/mol. The third-order valence-corrected chi connectivity index (χ3v) is 5.84. The number of benzene rings is 1. The average Bonchev–Trinajstić information content (AvgIpc) is 2.82. The van der Waals surface area contributed by atoms with Crippen molar-refractivity contribution < 1.29 is 19.1 Å². The van der Waals surface area contributed by atoms with Gasteiger partial charge in [0.25, 0.3) is 5.91 Å². The van der Waals surface area contributed by atoms with Crippen LogP contribution in [0.3, 0.4) is 0 Å². The van der Waals surface area contributed by atoms with Crippen LogP contribution in [0.5, 0.6) is 0 Å². The van der Waals surface area contributed by atoms with Gasteiger partial charge >= 0.3 is 5.97 Å². The minimum Gasteiger partial charge on any atom is -0.465 e. The highest BCUT2D eigenvalue weighted by Gasteiger charge is 2.34. The third-order valence-electron chi connectivity index (χ3n) is 5.65. The summed E-state index contributed by atoms with van der Waals surface area (Å²) in [6, 6.07) is 9.14. The highest BCUT2D eigenvalue weighted by Crippen LogP contribution is 2.27. The zero-order valence-electron chi connectivity index (χ0n) is 19.4. The number of ether oxygens (including phenoxy) is 1. The van der Waals surface area contributed by atoms with Crippen LogP contribution in [-0.4, -0.2) is 76.2 Å². The highest BCUT2D eigenvalue weighted by atomic mass is 35.5. The van der Waals surface area contributed by atoms with E-state index < -0.39 is 5.97 Å². The van der Waals surface area contributed by atoms with E-state index in [1.54, 1.807) is 9.80 Å². The van der Waals surface area contributed by atoms with Gasteiger partial charge in [0.15, 0.2) is 5.82 Å². The lowest BCUT2D eigenvalue weighted by molar-refractivity contribution is -0.134. The molecule has 33 heavy (non-hydrogen) atoms. The Morgan fingerprint density at radius 2 is 1.85 bits per heavy atom. The van der Waals surface area contributed by atoms with Gasteiger partial charge in [0.2, 0.25) is 5.91 Å². The molecule has 1 fully saturated rings. The lowest BCUT2D eigenvalue weighted by atomic mass is 10.00. The predicted octanol–water partition coefficient (Wildman–Crippen LogP) is 3.36. The first-order valence-electron chi connectivity index (χ1n) is 11.0. The third kappa shape index (κ3) is 5.33. The molecule has 1 aliphatic rings. The highest BCUT2D eigenvalue weighted by molar-refractivity contribution is 6.18. The lowest BCUT2D eigenvalue weighted by Crippen LogP contribution is -2.55. The quantitative estimate of drug-likeness (QED) is 0.472. The van der Waals surface area contributed by atoms with Crippen LogP contribution in [0.15, 0.2) is 30.3 Å². The summed E-state index contributed by atoms with van der Waals surface area (Å²) in [4.78, 5) is 51.2. The molecule has 2 aromatic rings. The van der Waals surface area contributed by atoms with E-state index in [-0.39, 0.29) is 47.3 Å². The first kappa shape index (κ1) is 24.6. The Balaban J connectivity index is 2.03. The van der Waals surface area contributed by atoms with Gasteiger partial charge in [0.1, 0.15) is 11.3 Å². The van der Waals surface area contributed by atoms with Crippen LogP contribution in [0.1, 0.15) is 59.7 Å². The molecule has 2 heterocycles. The number of piperazine rings is 1. The van der Waals surface area contributed by atoms with Gasteiger partial charge in [0, 0.05) is 43.5 Å². The molecule has 1 aromatic heterocycles. The molecule has 0 radical (unpaired) electrons. The molecule has 3 rings (SSSR count). The first-order valence-corrected chi connectivity index (χ1v) is 11.5. The maximum Gasteiger partial charge on any atom is 0.342 e. The van der Waals surface area contributed by atoms with E-state index in [0.717, 1.165) is 5.56 Å². The molecule has 0 N–H and O–H groups in total. The predicted molar refractivity (Wildman–Crippen MR) is 125 cm³/mol. The molecule has 0 spiro atoms. The zero-order valence-corrected chi connectivity index (χ0v) is 20.1. The van der Waals surface area contributed by atoms with Gasteiger partial charge in [-0.25, -0.2) is 14.8 Å². The second-order valence-electron chi connectivity index (χ2n) is 8.29. The standard InChI is InChI=1S/C24H29ClN4O4/c1-15(2)20-19(24(32)33-4)21(27-22(26-20)17-8-6-5-7-9-17)23(31)28-12-13-29(16(3)14-28)18(30)10-11-25/h5-9,15-16H,10-14H2,1-4H3. The van der Waals surface area contributed by atoms with Crippen LogP contribution in [0.25, 0.3) is 11.4 Å². The summed E-state index contributed by atoms with van der Waals surface area (Å²) in [6.07, 6.45) is 0.260. The van der Waals surface area contributed by atoms with Crippen molar-refractivity contribution in [1.29, 1.82) is 0 Å². The van der Waals surface area contributed by atoms with Crippen LogP contribution < -0.4 is 0 Å². The molecule has 1 aromatic carbocycles. The van der Waals surface area contributed by atoms with Crippen LogP contribution in [0.2, 0.25) is 0 Å². The Hall–Kier alpha value is -3.00. The molecular formula is C24H29ClN4O4. The van der Waals surface area contributed by atoms with Gasteiger partial charge in [-0.2, -0.15) is 0 Å². The number of esters is 1. The number of alkyl halides is 1. The average molecular weight is 473 g/mol. The molecule has 176 valence electrons. The minimum absolute atomic E-state index is 0.0205. The van der Waals surface area contributed by atoms with Crippen molar-refractivity contribution in [3.63, 3.8) is 0 Å². The molecule has 0 aliphatic carbocycles. The molecule has 9 heteroatoms. The van der Waals surface area contributed by atoms with Gasteiger partial charge in [0.05, 0.1) is 12.8 Å². The molecule has 1 saturated heterocycles. The SMILES string of the molecule is COC(=O)c1c(C(=O)N2CCN(C(=O)CCCl)C(C)C2)nc(-c2ccccc2)nc1C(C)C. The number of methoxy groups -OCH3 is 1. The van der Waals surface area contributed by atoms with E-state index >= 15 is 0 Å². The second-order valence-corrected chi connectivity index (χ2v) is 8.67. The number of amides is 2. The summed E-state index contributed by atoms with van der Waals surface area (Å²) >= 11 is 5.72. The fourth-order valence-electron chi connectivity index (χ4n) is 3.96. The van der Waals surface area contributed by atoms with Crippen LogP contribution >= 0.6 is 11.6 Å². The zero-order chi connectivity index (χ0) is 24.1. The van der Waals surface area contributed by atoms with Crippen LogP contribution in [0, 0.1) is 0 Å². The largest absolute Gasteiger partial charge is 0.465 e. The summed E-state index contributed by atoms with van der Waals surface area (Å²) in [5, 5.41) is 0. The van der Waals surface area contributed by atoms with Gasteiger partial charge in [-0.1, -0.05) is 44.2 Å². The molecule has 0 bridgehead atoms. The summed E-state index contributed by atoms with van der Waals surface area (Å²) in [5.41, 5.74) is 1.32. The van der Waals surface area contributed by atoms with Crippen molar-refractivity contribution >= 4 is 29.4 Å². The van der Waals surface area contributed by atoms with Crippen molar-refractivity contribution in [2.24, 2.45) is 0 Å². The lowest BCUT2D eigenvalue weighted by Gasteiger charge is -2.40. The van der Waals surface area contributed by atoms with Crippen LogP contribution in [0.4, 0.5) is 0 Å². The molecular weight excluding hydrogens is 444 g/mol. The van der Waals surface area contributed by atoms with E-state index in [1.807, 2.05) is 51.1 Å². The molecule has 1 unspecified atom stereocenters. The maximum absolute atomic E-state index is 13.7. The fraction of sp³-hybridized carbons (Fsp3) is 0.458. The number of halogens is 1. The van der Waals surface area contributed by atoms with E-state index in [2.05, 4.69) is 9.97 Å². The number of aromatic nitrogens is 2. The smallest absolute Gasteiger partial charge is 0.342 e. The fourth-order valence-corrected chi connectivity index (χ4v) is 4.12. The van der Waals surface area contributed by atoms with Crippen molar-refractivity contribution in [3.05, 3.63) is 47.3 Å². The van der Waals surface area contributed by atoms with Crippen molar-refractivity contribution in [2.45, 2.75) is 39.2 Å². The minimum atomic E-state index is -0.648. The number of rotatable bonds is 6. The molecule has 8 nitrogen and oxygen atoms in total. The number of hydrogen-bond acceptors (Lipinski definition) is 6. The number of carbonyl (C=O) groups is 3. The summed E-state index contributed by atoms with van der Waals surface area (Å²) in [5.74, 6) is -0.567. The van der Waals surface area contributed by atoms with Crippen LogP contribution in [-0.2, 0) is 9.53 Å². The molecule has 0 saturated carbocycles. The van der Waals surface area contributed by atoms with Gasteiger partial charge in [-0.15, -0.1) is 11.6 Å². The molecule has 2 amide bonds. The van der Waals surface area contributed by atoms with E-state index in [4.69, 9.17) is 16.3 Å². The summed E-state index contributed by atoms with van der Waals surface area (Å²) in [6.45, 7) is 6.75. The number of carbonyl (C=O) groups excluding carboxylic acids is 3. The Kier molecular flexibility index (Phi) is 8.02. The summed E-state index contributed by atoms with van der Waals surface area (Å²) < 4.78 is 4.99. The van der Waals surface area contributed by atoms with E-state index in [0.29, 0.717) is 31.2 Å². The first-order chi connectivity index (χ1) is 15.8.